The molecule has 2 atom stereocenters. The van der Waals surface area contributed by atoms with E-state index in [0.29, 0.717) is 19.5 Å². The van der Waals surface area contributed by atoms with Gasteiger partial charge < -0.3 is 9.84 Å². The fourth-order valence-electron chi connectivity index (χ4n) is 5.35. The molecule has 2 aromatic carbocycles. The quantitative estimate of drug-likeness (QED) is 0.243. The summed E-state index contributed by atoms with van der Waals surface area (Å²) in [4.78, 5) is 16.6. The predicted molar refractivity (Wildman–Crippen MR) is 154 cm³/mol. The monoisotopic (exact) mass is 565 g/mol. The molecule has 10 nitrogen and oxygen atoms in total. The third-order valence-corrected chi connectivity index (χ3v) is 9.59. The number of pyridine rings is 1. The Kier molecular flexibility index (Phi) is 7.83. The highest BCUT2D eigenvalue weighted by molar-refractivity contribution is 8.22. The maximum Gasteiger partial charge on any atom is 0.304 e. The largest absolute Gasteiger partial charge is 0.481 e. The lowest BCUT2D eigenvalue weighted by atomic mass is 9.84. The Morgan fingerprint density at radius 3 is 2.70 bits per heavy atom. The number of aliphatic carboxylic acids is 1. The van der Waals surface area contributed by atoms with E-state index in [1.54, 1.807) is 22.6 Å². The average Bonchev–Trinajstić information content (AvgIpc) is 3.32. The number of carboxylic acid groups (broad SMARTS) is 1. The van der Waals surface area contributed by atoms with Crippen LogP contribution in [0.1, 0.15) is 60.4 Å². The van der Waals surface area contributed by atoms with Crippen molar-refractivity contribution in [1.29, 1.82) is 0 Å². The fraction of sp³-hybridized carbons (Fsp3) is 0.379. The van der Waals surface area contributed by atoms with E-state index in [9.17, 15) is 19.0 Å². The average molecular weight is 566 g/mol. The molecule has 0 aliphatic carbocycles. The van der Waals surface area contributed by atoms with Crippen LogP contribution in [0.3, 0.4) is 0 Å². The van der Waals surface area contributed by atoms with Crippen LogP contribution in [-0.2, 0) is 17.9 Å². The van der Waals surface area contributed by atoms with Crippen LogP contribution in [0.5, 0.6) is 5.88 Å². The molecule has 0 saturated heterocycles. The summed E-state index contributed by atoms with van der Waals surface area (Å²) in [5.41, 5.74) is 6.15. The number of aromatic nitrogens is 4. The molecule has 212 valence electrons. The number of fused-ring (bicyclic) bond motifs is 2. The van der Waals surface area contributed by atoms with E-state index in [1.165, 1.54) is 0 Å². The molecule has 1 aliphatic rings. The Morgan fingerprint density at radius 1 is 1.18 bits per heavy atom. The van der Waals surface area contributed by atoms with E-state index in [1.807, 2.05) is 62.7 Å². The third kappa shape index (κ3) is 5.17. The standard InChI is InChI=1S/C29H35N5O5S/c1-5-22-17-33(40(37,38)26-8-7-13-30-29(26)39-22)16-21-14-20(10-9-18(21)3)24(15-27(35)36)23-11-12-25-28(19(23)4)31-32-34(25)6-2/h7-14,22,24,37-38H,5-6,15-17H2,1-4H3,(H,35,36)/t22-,24+/m1/s1. The van der Waals surface area contributed by atoms with E-state index in [-0.39, 0.29) is 29.8 Å². The number of benzene rings is 2. The van der Waals surface area contributed by atoms with E-state index >= 15 is 0 Å². The molecule has 40 heavy (non-hydrogen) atoms. The molecule has 0 fully saturated rings. The molecule has 2 aromatic heterocycles. The van der Waals surface area contributed by atoms with E-state index in [4.69, 9.17) is 4.74 Å². The van der Waals surface area contributed by atoms with Crippen LogP contribution in [0.2, 0.25) is 0 Å². The lowest BCUT2D eigenvalue weighted by molar-refractivity contribution is -0.137. The Bertz CT molecular complexity index is 1560. The minimum absolute atomic E-state index is 0.0968. The zero-order chi connectivity index (χ0) is 28.6. The molecular weight excluding hydrogens is 530 g/mol. The molecule has 4 aromatic rings. The topological polar surface area (TPSA) is 134 Å². The van der Waals surface area contributed by atoms with Crippen molar-refractivity contribution >= 4 is 27.8 Å². The number of hydrogen-bond donors (Lipinski definition) is 3. The van der Waals surface area contributed by atoms with Crippen LogP contribution in [0.25, 0.3) is 11.0 Å². The van der Waals surface area contributed by atoms with Crippen LogP contribution >= 0.6 is 10.8 Å². The van der Waals surface area contributed by atoms with Crippen molar-refractivity contribution in [2.45, 2.75) is 70.5 Å². The first-order valence-electron chi connectivity index (χ1n) is 13.4. The first kappa shape index (κ1) is 28.0. The molecular formula is C29H35N5O5S. The highest BCUT2D eigenvalue weighted by atomic mass is 32.3. The van der Waals surface area contributed by atoms with Crippen LogP contribution in [0.15, 0.2) is 53.6 Å². The van der Waals surface area contributed by atoms with Gasteiger partial charge in [-0.2, -0.15) is 4.31 Å². The van der Waals surface area contributed by atoms with Crippen molar-refractivity contribution in [2.75, 3.05) is 6.54 Å². The second kappa shape index (κ2) is 11.2. The predicted octanol–water partition coefficient (Wildman–Crippen LogP) is 5.77. The fourth-order valence-corrected chi connectivity index (χ4v) is 6.92. The van der Waals surface area contributed by atoms with Gasteiger partial charge in [0.2, 0.25) is 5.88 Å². The zero-order valence-corrected chi connectivity index (χ0v) is 23.9. The van der Waals surface area contributed by atoms with Gasteiger partial charge >= 0.3 is 5.97 Å². The van der Waals surface area contributed by atoms with Gasteiger partial charge in [-0.25, -0.2) is 9.67 Å². The SMILES string of the molecule is CC[C@@H]1CN(Cc2cc([C@H](CC(=O)O)c3ccc4c(nnn4CC)c3C)ccc2C)S(O)(O)c2cccnc2O1. The van der Waals surface area contributed by atoms with Crippen LogP contribution < -0.4 is 4.74 Å². The summed E-state index contributed by atoms with van der Waals surface area (Å²) < 4.78 is 32.4. The van der Waals surface area contributed by atoms with Gasteiger partial charge in [0.1, 0.15) is 16.5 Å². The van der Waals surface area contributed by atoms with Crippen molar-refractivity contribution in [3.05, 3.63) is 76.5 Å². The number of carboxylic acids is 1. The number of ether oxygens (including phenoxy) is 1. The minimum atomic E-state index is -3.38. The Hall–Kier alpha value is -3.51. The number of aryl methyl sites for hydroxylation is 3. The molecule has 3 N–H and O–H groups in total. The van der Waals surface area contributed by atoms with Gasteiger partial charge in [0, 0.05) is 25.2 Å². The summed E-state index contributed by atoms with van der Waals surface area (Å²) in [6, 6.07) is 13.1. The van der Waals surface area contributed by atoms with Crippen molar-refractivity contribution in [1.82, 2.24) is 24.3 Å². The highest BCUT2D eigenvalue weighted by Gasteiger charge is 2.35. The van der Waals surface area contributed by atoms with Gasteiger partial charge in [0.05, 0.1) is 18.5 Å². The number of rotatable bonds is 8. The van der Waals surface area contributed by atoms with Gasteiger partial charge in [-0.3, -0.25) is 13.9 Å². The summed E-state index contributed by atoms with van der Waals surface area (Å²) in [5, 5.41) is 18.5. The van der Waals surface area contributed by atoms with Crippen molar-refractivity contribution in [3.63, 3.8) is 0 Å². The second-order valence-corrected chi connectivity index (χ2v) is 12.2. The summed E-state index contributed by atoms with van der Waals surface area (Å²) >= 11 is 0. The summed E-state index contributed by atoms with van der Waals surface area (Å²) in [6.45, 7) is 9.16. The van der Waals surface area contributed by atoms with Gasteiger partial charge in [-0.05, 0) is 73.2 Å². The van der Waals surface area contributed by atoms with E-state index < -0.39 is 22.7 Å². The Labute approximate surface area is 235 Å². The summed E-state index contributed by atoms with van der Waals surface area (Å²) in [5.74, 6) is -1.08. The van der Waals surface area contributed by atoms with Gasteiger partial charge in [-0.15, -0.1) is 15.9 Å². The maximum atomic E-state index is 12.0. The maximum absolute atomic E-state index is 12.0. The molecule has 0 saturated carbocycles. The van der Waals surface area contributed by atoms with Gasteiger partial charge in [0.25, 0.3) is 0 Å². The lowest BCUT2D eigenvalue weighted by Gasteiger charge is -2.41. The molecule has 5 rings (SSSR count). The van der Waals surface area contributed by atoms with Crippen LogP contribution in [0.4, 0.5) is 0 Å². The molecule has 0 radical (unpaired) electrons. The van der Waals surface area contributed by atoms with Crippen LogP contribution in [-0.4, -0.2) is 57.1 Å². The normalized spacial score (nSPS) is 18.5. The summed E-state index contributed by atoms with van der Waals surface area (Å²) in [7, 11) is -3.38. The number of nitrogens with zero attached hydrogens (tertiary/aromatic N) is 5. The molecule has 11 heteroatoms. The molecule has 0 spiro atoms. The van der Waals surface area contributed by atoms with Crippen LogP contribution in [0, 0.1) is 13.8 Å². The number of carbonyl (C=O) groups is 1. The minimum Gasteiger partial charge on any atom is -0.481 e. The molecule has 0 bridgehead atoms. The third-order valence-electron chi connectivity index (χ3n) is 7.69. The number of hydrogen-bond acceptors (Lipinski definition) is 8. The summed E-state index contributed by atoms with van der Waals surface area (Å²) in [6.07, 6.45) is 1.89. The zero-order valence-electron chi connectivity index (χ0n) is 23.1. The van der Waals surface area contributed by atoms with Gasteiger partial charge in [0.15, 0.2) is 0 Å². The molecule has 0 unspecified atom stereocenters. The Morgan fingerprint density at radius 2 is 1.98 bits per heavy atom. The first-order valence-corrected chi connectivity index (χ1v) is 14.9. The molecule has 3 heterocycles. The first-order chi connectivity index (χ1) is 19.1. The smallest absolute Gasteiger partial charge is 0.304 e. The lowest BCUT2D eigenvalue weighted by Crippen LogP contribution is -2.34. The van der Waals surface area contributed by atoms with Gasteiger partial charge in [-0.1, -0.05) is 36.4 Å². The van der Waals surface area contributed by atoms with E-state index in [2.05, 4.69) is 15.3 Å². The second-order valence-electron chi connectivity index (χ2n) is 10.2. The van der Waals surface area contributed by atoms with Crippen molar-refractivity contribution in [3.8, 4) is 5.88 Å². The molecule has 0 amide bonds. The Balaban J connectivity index is 1.55. The highest BCUT2D eigenvalue weighted by Crippen LogP contribution is 2.57. The van der Waals surface area contributed by atoms with Crippen molar-refractivity contribution in [2.24, 2.45) is 0 Å². The molecule has 1 aliphatic heterocycles. The van der Waals surface area contributed by atoms with Crippen molar-refractivity contribution < 1.29 is 23.7 Å². The van der Waals surface area contributed by atoms with E-state index in [0.717, 1.165) is 38.9 Å².